The second kappa shape index (κ2) is 6.88. The maximum absolute atomic E-state index is 13.2. The standard InChI is InChI=1S/C18H16F2N2O3/c1-25-16-5-3-2-4-15(16)22-18(24)12-9-11(12)17(23)21-10-6-7-13(19)14(20)8-10/h2-8,11-12H,9H2,1H3,(H,21,23)(H,22,24). The number of amides is 2. The van der Waals surface area contributed by atoms with Gasteiger partial charge in [-0.2, -0.15) is 0 Å². The second-order valence-corrected chi connectivity index (χ2v) is 5.76. The highest BCUT2D eigenvalue weighted by atomic mass is 19.2. The number of para-hydroxylation sites is 2. The molecule has 2 atom stereocenters. The van der Waals surface area contributed by atoms with E-state index in [9.17, 15) is 18.4 Å². The molecule has 1 saturated carbocycles. The number of hydrogen-bond acceptors (Lipinski definition) is 3. The first-order valence-electron chi connectivity index (χ1n) is 7.69. The molecule has 0 saturated heterocycles. The van der Waals surface area contributed by atoms with E-state index in [0.717, 1.165) is 12.1 Å². The summed E-state index contributed by atoms with van der Waals surface area (Å²) < 4.78 is 31.2. The lowest BCUT2D eigenvalue weighted by atomic mass is 10.2. The third-order valence-corrected chi connectivity index (χ3v) is 4.02. The minimum absolute atomic E-state index is 0.152. The number of ether oxygens (including phenoxy) is 1. The molecule has 2 amide bonds. The van der Waals surface area contributed by atoms with Crippen LogP contribution in [0.5, 0.6) is 5.75 Å². The number of benzene rings is 2. The van der Waals surface area contributed by atoms with E-state index in [2.05, 4.69) is 10.6 Å². The Morgan fingerprint density at radius 3 is 2.36 bits per heavy atom. The van der Waals surface area contributed by atoms with Crippen molar-refractivity contribution in [1.29, 1.82) is 0 Å². The Kier molecular flexibility index (Phi) is 4.65. The van der Waals surface area contributed by atoms with E-state index in [1.54, 1.807) is 24.3 Å². The van der Waals surface area contributed by atoms with Crippen LogP contribution in [0, 0.1) is 23.5 Å². The largest absolute Gasteiger partial charge is 0.495 e. The van der Waals surface area contributed by atoms with E-state index >= 15 is 0 Å². The summed E-state index contributed by atoms with van der Waals surface area (Å²) in [4.78, 5) is 24.4. The van der Waals surface area contributed by atoms with Crippen molar-refractivity contribution in [2.24, 2.45) is 11.8 Å². The summed E-state index contributed by atoms with van der Waals surface area (Å²) in [6, 6.07) is 10.1. The normalized spacial score (nSPS) is 18.4. The van der Waals surface area contributed by atoms with Gasteiger partial charge in [0.25, 0.3) is 0 Å². The molecule has 2 aromatic rings. The lowest BCUT2D eigenvalue weighted by Gasteiger charge is -2.09. The molecule has 0 aliphatic heterocycles. The van der Waals surface area contributed by atoms with Gasteiger partial charge >= 0.3 is 0 Å². The van der Waals surface area contributed by atoms with Crippen molar-refractivity contribution in [3.8, 4) is 5.75 Å². The smallest absolute Gasteiger partial charge is 0.228 e. The van der Waals surface area contributed by atoms with E-state index in [-0.39, 0.29) is 11.6 Å². The van der Waals surface area contributed by atoms with E-state index in [1.807, 2.05) is 0 Å². The average Bonchev–Trinajstić information content (AvgIpc) is 3.39. The number of methoxy groups -OCH3 is 1. The molecule has 0 bridgehead atoms. The molecule has 25 heavy (non-hydrogen) atoms. The van der Waals surface area contributed by atoms with Crippen LogP contribution in [0.25, 0.3) is 0 Å². The Morgan fingerprint density at radius 2 is 1.68 bits per heavy atom. The van der Waals surface area contributed by atoms with E-state index in [0.29, 0.717) is 17.9 Å². The monoisotopic (exact) mass is 346 g/mol. The van der Waals surface area contributed by atoms with Gasteiger partial charge in [-0.1, -0.05) is 12.1 Å². The van der Waals surface area contributed by atoms with Crippen LogP contribution in [-0.4, -0.2) is 18.9 Å². The number of rotatable bonds is 5. The molecular weight excluding hydrogens is 330 g/mol. The van der Waals surface area contributed by atoms with Crippen LogP contribution in [0.3, 0.4) is 0 Å². The molecule has 3 rings (SSSR count). The highest BCUT2D eigenvalue weighted by Gasteiger charge is 2.48. The Morgan fingerprint density at radius 1 is 1.00 bits per heavy atom. The Labute approximate surface area is 143 Å². The molecule has 0 radical (unpaired) electrons. The predicted octanol–water partition coefficient (Wildman–Crippen LogP) is 3.19. The van der Waals surface area contributed by atoms with Gasteiger partial charge in [0.05, 0.1) is 24.6 Å². The van der Waals surface area contributed by atoms with Crippen LogP contribution in [0.1, 0.15) is 6.42 Å². The van der Waals surface area contributed by atoms with Crippen LogP contribution in [0.2, 0.25) is 0 Å². The highest BCUT2D eigenvalue weighted by molar-refractivity contribution is 6.03. The van der Waals surface area contributed by atoms with Gasteiger partial charge in [-0.05, 0) is 30.7 Å². The first kappa shape index (κ1) is 16.9. The molecule has 0 aromatic heterocycles. The Balaban J connectivity index is 1.58. The molecule has 0 heterocycles. The van der Waals surface area contributed by atoms with Crippen LogP contribution < -0.4 is 15.4 Å². The van der Waals surface area contributed by atoms with Gasteiger partial charge in [0.2, 0.25) is 11.8 Å². The molecule has 1 fully saturated rings. The molecule has 2 aromatic carbocycles. The second-order valence-electron chi connectivity index (χ2n) is 5.76. The van der Waals surface area contributed by atoms with Crippen molar-refractivity contribution in [3.63, 3.8) is 0 Å². The zero-order valence-electron chi connectivity index (χ0n) is 13.4. The van der Waals surface area contributed by atoms with Crippen molar-refractivity contribution in [1.82, 2.24) is 0 Å². The zero-order chi connectivity index (χ0) is 18.0. The summed E-state index contributed by atoms with van der Waals surface area (Å²) in [7, 11) is 1.50. The molecule has 1 aliphatic rings. The number of anilines is 2. The van der Waals surface area contributed by atoms with Crippen molar-refractivity contribution < 1.29 is 23.1 Å². The third-order valence-electron chi connectivity index (χ3n) is 4.02. The zero-order valence-corrected chi connectivity index (χ0v) is 13.4. The first-order chi connectivity index (χ1) is 12.0. The third kappa shape index (κ3) is 3.76. The Bertz CT molecular complexity index is 826. The molecule has 7 heteroatoms. The molecule has 130 valence electrons. The average molecular weight is 346 g/mol. The molecule has 1 aliphatic carbocycles. The van der Waals surface area contributed by atoms with Crippen LogP contribution >= 0.6 is 0 Å². The highest BCUT2D eigenvalue weighted by Crippen LogP contribution is 2.40. The van der Waals surface area contributed by atoms with Crippen LogP contribution in [0.4, 0.5) is 20.2 Å². The first-order valence-corrected chi connectivity index (χ1v) is 7.69. The van der Waals surface area contributed by atoms with Gasteiger partial charge in [-0.25, -0.2) is 8.78 Å². The molecular formula is C18H16F2N2O3. The topological polar surface area (TPSA) is 67.4 Å². The van der Waals surface area contributed by atoms with Crippen LogP contribution in [0.15, 0.2) is 42.5 Å². The summed E-state index contributed by atoms with van der Waals surface area (Å²) in [6.45, 7) is 0. The molecule has 2 N–H and O–H groups in total. The van der Waals surface area contributed by atoms with Gasteiger partial charge in [-0.3, -0.25) is 9.59 Å². The fourth-order valence-corrected chi connectivity index (χ4v) is 2.56. The van der Waals surface area contributed by atoms with Gasteiger partial charge in [0.1, 0.15) is 5.75 Å². The van der Waals surface area contributed by atoms with Crippen molar-refractivity contribution in [2.75, 3.05) is 17.7 Å². The summed E-state index contributed by atoms with van der Waals surface area (Å²) in [6.07, 6.45) is 0.399. The Hall–Kier alpha value is -2.96. The lowest BCUT2D eigenvalue weighted by molar-refractivity contribution is -0.122. The summed E-state index contributed by atoms with van der Waals surface area (Å²) in [5, 5.41) is 5.23. The number of carbonyl (C=O) groups excluding carboxylic acids is 2. The van der Waals surface area contributed by atoms with E-state index < -0.39 is 29.4 Å². The number of nitrogens with one attached hydrogen (secondary N) is 2. The SMILES string of the molecule is COc1ccccc1NC(=O)C1CC1C(=O)Nc1ccc(F)c(F)c1. The quantitative estimate of drug-likeness (QED) is 0.874. The fraction of sp³-hybridized carbons (Fsp3) is 0.222. The molecule has 5 nitrogen and oxygen atoms in total. The summed E-state index contributed by atoms with van der Waals surface area (Å²) in [5.74, 6) is -3.14. The summed E-state index contributed by atoms with van der Waals surface area (Å²) >= 11 is 0. The molecule has 2 unspecified atom stereocenters. The predicted molar refractivity (Wildman–Crippen MR) is 88.2 cm³/mol. The van der Waals surface area contributed by atoms with Crippen molar-refractivity contribution >= 4 is 23.2 Å². The molecule has 0 spiro atoms. The van der Waals surface area contributed by atoms with E-state index in [1.165, 1.54) is 13.2 Å². The fourth-order valence-electron chi connectivity index (χ4n) is 2.56. The maximum atomic E-state index is 13.2. The number of carbonyl (C=O) groups is 2. The van der Waals surface area contributed by atoms with Gasteiger partial charge < -0.3 is 15.4 Å². The minimum Gasteiger partial charge on any atom is -0.495 e. The lowest BCUT2D eigenvalue weighted by Crippen LogP contribution is -2.20. The van der Waals surface area contributed by atoms with Crippen molar-refractivity contribution in [2.45, 2.75) is 6.42 Å². The number of halogens is 2. The minimum atomic E-state index is -1.04. The van der Waals surface area contributed by atoms with Gasteiger partial charge in [-0.15, -0.1) is 0 Å². The van der Waals surface area contributed by atoms with Crippen molar-refractivity contribution in [3.05, 3.63) is 54.1 Å². The maximum Gasteiger partial charge on any atom is 0.228 e. The van der Waals surface area contributed by atoms with Crippen LogP contribution in [-0.2, 0) is 9.59 Å². The summed E-state index contributed by atoms with van der Waals surface area (Å²) in [5.41, 5.74) is 0.682. The van der Waals surface area contributed by atoms with E-state index in [4.69, 9.17) is 4.74 Å². The van der Waals surface area contributed by atoms with Gasteiger partial charge in [0.15, 0.2) is 11.6 Å². The number of hydrogen-bond donors (Lipinski definition) is 2. The van der Waals surface area contributed by atoms with Gasteiger partial charge in [0, 0.05) is 11.8 Å².